The highest BCUT2D eigenvalue weighted by molar-refractivity contribution is 5.46. The minimum absolute atomic E-state index is 0.380. The molecular formula is C16H19NO2. The first kappa shape index (κ1) is 13.3. The molecular weight excluding hydrogens is 238 g/mol. The summed E-state index contributed by atoms with van der Waals surface area (Å²) in [6.07, 6.45) is 0. The van der Waals surface area contributed by atoms with Crippen molar-refractivity contribution in [2.45, 2.75) is 19.8 Å². The van der Waals surface area contributed by atoms with E-state index in [1.807, 2.05) is 42.5 Å². The van der Waals surface area contributed by atoms with Gasteiger partial charge in [-0.05, 0) is 48.4 Å². The van der Waals surface area contributed by atoms with Gasteiger partial charge in [-0.1, -0.05) is 13.8 Å². The zero-order chi connectivity index (χ0) is 13.8. The maximum atomic E-state index is 5.81. The average Bonchev–Trinajstić information content (AvgIpc) is 2.41. The molecule has 0 spiro atoms. The van der Waals surface area contributed by atoms with E-state index < -0.39 is 0 Å². The number of hydrogen-bond donors (Lipinski definition) is 1. The Balaban J connectivity index is 2.25. The summed E-state index contributed by atoms with van der Waals surface area (Å²) in [5, 5.41) is 0. The first-order valence-corrected chi connectivity index (χ1v) is 6.31. The number of anilines is 1. The molecule has 2 aromatic rings. The van der Waals surface area contributed by atoms with Crippen LogP contribution in [0.3, 0.4) is 0 Å². The van der Waals surface area contributed by atoms with Crippen LogP contribution in [0.4, 0.5) is 5.69 Å². The molecule has 2 N–H and O–H groups in total. The van der Waals surface area contributed by atoms with E-state index in [1.165, 1.54) is 0 Å². The van der Waals surface area contributed by atoms with Gasteiger partial charge in [0.15, 0.2) is 0 Å². The largest absolute Gasteiger partial charge is 0.496 e. The molecule has 0 aliphatic carbocycles. The van der Waals surface area contributed by atoms with E-state index in [-0.39, 0.29) is 0 Å². The Morgan fingerprint density at radius 2 is 1.58 bits per heavy atom. The molecule has 0 aromatic heterocycles. The fraction of sp³-hybridized carbons (Fsp3) is 0.250. The van der Waals surface area contributed by atoms with Crippen LogP contribution in [-0.4, -0.2) is 7.11 Å². The molecule has 2 aromatic carbocycles. The number of nitrogens with two attached hydrogens (primary N) is 1. The third kappa shape index (κ3) is 3.19. The summed E-state index contributed by atoms with van der Waals surface area (Å²) in [6, 6.07) is 13.2. The number of rotatable bonds is 4. The van der Waals surface area contributed by atoms with Crippen molar-refractivity contribution in [1.82, 2.24) is 0 Å². The number of hydrogen-bond acceptors (Lipinski definition) is 3. The van der Waals surface area contributed by atoms with Gasteiger partial charge < -0.3 is 15.2 Å². The molecule has 0 heterocycles. The third-order valence-electron chi connectivity index (χ3n) is 2.94. The Labute approximate surface area is 114 Å². The Hall–Kier alpha value is -2.16. The van der Waals surface area contributed by atoms with Crippen LogP contribution in [0.25, 0.3) is 0 Å². The molecule has 0 atom stereocenters. The molecule has 2 rings (SSSR count). The van der Waals surface area contributed by atoms with E-state index in [9.17, 15) is 0 Å². The Morgan fingerprint density at radius 1 is 0.947 bits per heavy atom. The van der Waals surface area contributed by atoms with Crippen LogP contribution in [-0.2, 0) is 0 Å². The van der Waals surface area contributed by atoms with Crippen molar-refractivity contribution < 1.29 is 9.47 Å². The highest BCUT2D eigenvalue weighted by Gasteiger charge is 2.09. The maximum absolute atomic E-state index is 5.81. The average molecular weight is 257 g/mol. The van der Waals surface area contributed by atoms with Gasteiger partial charge in [0.05, 0.1) is 7.11 Å². The van der Waals surface area contributed by atoms with Crippen LogP contribution in [0.2, 0.25) is 0 Å². The van der Waals surface area contributed by atoms with Crippen LogP contribution in [0.15, 0.2) is 42.5 Å². The van der Waals surface area contributed by atoms with Crippen molar-refractivity contribution in [2.75, 3.05) is 12.8 Å². The van der Waals surface area contributed by atoms with E-state index >= 15 is 0 Å². The third-order valence-corrected chi connectivity index (χ3v) is 2.94. The molecule has 0 aliphatic rings. The van der Waals surface area contributed by atoms with Gasteiger partial charge in [0, 0.05) is 11.3 Å². The lowest BCUT2D eigenvalue weighted by Gasteiger charge is -2.14. The van der Waals surface area contributed by atoms with Crippen molar-refractivity contribution >= 4 is 5.69 Å². The van der Waals surface area contributed by atoms with E-state index in [2.05, 4.69) is 13.8 Å². The summed E-state index contributed by atoms with van der Waals surface area (Å²) in [5.74, 6) is 2.84. The summed E-state index contributed by atoms with van der Waals surface area (Å²) in [7, 11) is 1.68. The normalized spacial score (nSPS) is 10.5. The number of nitrogen functional groups attached to an aromatic ring is 1. The molecule has 3 heteroatoms. The van der Waals surface area contributed by atoms with Crippen LogP contribution in [0.5, 0.6) is 17.2 Å². The topological polar surface area (TPSA) is 44.5 Å². The summed E-state index contributed by atoms with van der Waals surface area (Å²) in [5.41, 5.74) is 7.51. The summed E-state index contributed by atoms with van der Waals surface area (Å²) in [4.78, 5) is 0. The first-order valence-electron chi connectivity index (χ1n) is 6.31. The summed E-state index contributed by atoms with van der Waals surface area (Å²) < 4.78 is 11.2. The molecule has 0 fully saturated rings. The quantitative estimate of drug-likeness (QED) is 0.835. The molecule has 0 saturated carbocycles. The lowest BCUT2D eigenvalue weighted by atomic mass is 10.0. The van der Waals surface area contributed by atoms with Gasteiger partial charge in [0.25, 0.3) is 0 Å². The maximum Gasteiger partial charge on any atom is 0.127 e. The van der Waals surface area contributed by atoms with Gasteiger partial charge in [-0.15, -0.1) is 0 Å². The van der Waals surface area contributed by atoms with Gasteiger partial charge >= 0.3 is 0 Å². The van der Waals surface area contributed by atoms with Gasteiger partial charge in [-0.2, -0.15) is 0 Å². The van der Waals surface area contributed by atoms with Gasteiger partial charge in [0.2, 0.25) is 0 Å². The molecule has 0 bridgehead atoms. The highest BCUT2D eigenvalue weighted by Crippen LogP contribution is 2.32. The number of methoxy groups -OCH3 is 1. The minimum atomic E-state index is 0.380. The van der Waals surface area contributed by atoms with Crippen LogP contribution >= 0.6 is 0 Å². The summed E-state index contributed by atoms with van der Waals surface area (Å²) >= 11 is 0. The van der Waals surface area contributed by atoms with Crippen molar-refractivity contribution in [2.24, 2.45) is 0 Å². The van der Waals surface area contributed by atoms with Crippen molar-refractivity contribution in [1.29, 1.82) is 0 Å². The molecule has 100 valence electrons. The first-order chi connectivity index (χ1) is 9.10. The number of ether oxygens (including phenoxy) is 2. The fourth-order valence-corrected chi connectivity index (χ4v) is 1.90. The molecule has 0 radical (unpaired) electrons. The molecule has 0 amide bonds. The van der Waals surface area contributed by atoms with Crippen LogP contribution < -0.4 is 15.2 Å². The Morgan fingerprint density at radius 3 is 2.16 bits per heavy atom. The molecule has 3 nitrogen and oxygen atoms in total. The molecule has 0 unspecified atom stereocenters. The second kappa shape index (κ2) is 5.65. The van der Waals surface area contributed by atoms with Crippen LogP contribution in [0, 0.1) is 0 Å². The van der Waals surface area contributed by atoms with Gasteiger partial charge in [0.1, 0.15) is 17.2 Å². The Bertz CT molecular complexity index is 547. The SMILES string of the molecule is COc1ccc(Oc2ccc(N)cc2)cc1C(C)C. The lowest BCUT2D eigenvalue weighted by molar-refractivity contribution is 0.405. The van der Waals surface area contributed by atoms with Crippen molar-refractivity contribution in [3.8, 4) is 17.2 Å². The van der Waals surface area contributed by atoms with Crippen LogP contribution in [0.1, 0.15) is 25.3 Å². The summed E-state index contributed by atoms with van der Waals surface area (Å²) in [6.45, 7) is 4.26. The van der Waals surface area contributed by atoms with E-state index in [0.717, 1.165) is 28.5 Å². The van der Waals surface area contributed by atoms with E-state index in [1.54, 1.807) is 7.11 Å². The predicted molar refractivity (Wildman–Crippen MR) is 78.0 cm³/mol. The zero-order valence-electron chi connectivity index (χ0n) is 11.5. The Kier molecular flexibility index (Phi) is 3.95. The second-order valence-electron chi connectivity index (χ2n) is 4.73. The standard InChI is InChI=1S/C16H19NO2/c1-11(2)15-10-14(8-9-16(15)18-3)19-13-6-4-12(17)5-7-13/h4-11H,17H2,1-3H3. The smallest absolute Gasteiger partial charge is 0.127 e. The zero-order valence-corrected chi connectivity index (χ0v) is 11.5. The molecule has 0 saturated heterocycles. The second-order valence-corrected chi connectivity index (χ2v) is 4.73. The fourth-order valence-electron chi connectivity index (χ4n) is 1.90. The molecule has 0 aliphatic heterocycles. The van der Waals surface area contributed by atoms with Crippen molar-refractivity contribution in [3.05, 3.63) is 48.0 Å². The van der Waals surface area contributed by atoms with Crippen molar-refractivity contribution in [3.63, 3.8) is 0 Å². The monoisotopic (exact) mass is 257 g/mol. The minimum Gasteiger partial charge on any atom is -0.496 e. The van der Waals surface area contributed by atoms with E-state index in [4.69, 9.17) is 15.2 Å². The number of benzene rings is 2. The van der Waals surface area contributed by atoms with E-state index in [0.29, 0.717) is 5.92 Å². The predicted octanol–water partition coefficient (Wildman–Crippen LogP) is 4.19. The lowest BCUT2D eigenvalue weighted by Crippen LogP contribution is -1.95. The van der Waals surface area contributed by atoms with Gasteiger partial charge in [-0.3, -0.25) is 0 Å². The van der Waals surface area contributed by atoms with Gasteiger partial charge in [-0.25, -0.2) is 0 Å². The molecule has 19 heavy (non-hydrogen) atoms. The highest BCUT2D eigenvalue weighted by atomic mass is 16.5.